The molecule has 1 aromatic rings. The van der Waals surface area contributed by atoms with Gasteiger partial charge in [-0.25, -0.2) is 4.79 Å². The van der Waals surface area contributed by atoms with Crippen molar-refractivity contribution in [2.24, 2.45) is 0 Å². The fourth-order valence-corrected chi connectivity index (χ4v) is 3.54. The molecule has 2 N–H and O–H groups in total. The second-order valence-electron chi connectivity index (χ2n) is 6.60. The molecule has 0 bridgehead atoms. The van der Waals surface area contributed by atoms with Crippen molar-refractivity contribution in [3.63, 3.8) is 0 Å². The molecule has 132 valence electrons. The molecule has 2 amide bonds. The minimum absolute atomic E-state index is 0.0168. The number of ether oxygens (including phenoxy) is 2. The summed E-state index contributed by atoms with van der Waals surface area (Å²) in [6, 6.07) is 4.13. The maximum Gasteiger partial charge on any atom is 0.317 e. The number of aliphatic hydroxyl groups is 1. The standard InChI is InChI=1S/C18H26N2O4/c1-23-16-9-12-7-8-20(11-13(12)10-17(16)24-2)18(22)19-14-3-5-15(21)6-4-14/h9-10,14-15,21H,3-8,11H2,1-2H3,(H,19,22). The molecule has 1 fully saturated rings. The Morgan fingerprint density at radius 3 is 2.38 bits per heavy atom. The van der Waals surface area contributed by atoms with Crippen LogP contribution in [0.25, 0.3) is 0 Å². The van der Waals surface area contributed by atoms with Crippen LogP contribution in [0.5, 0.6) is 11.5 Å². The molecule has 24 heavy (non-hydrogen) atoms. The molecule has 1 saturated carbocycles. The number of nitrogens with one attached hydrogen (secondary N) is 1. The van der Waals surface area contributed by atoms with Crippen LogP contribution < -0.4 is 14.8 Å². The average Bonchev–Trinajstić information content (AvgIpc) is 2.61. The van der Waals surface area contributed by atoms with Crippen LogP contribution in [0.3, 0.4) is 0 Å². The van der Waals surface area contributed by atoms with E-state index in [1.807, 2.05) is 17.0 Å². The number of rotatable bonds is 3. The lowest BCUT2D eigenvalue weighted by Crippen LogP contribution is -2.47. The van der Waals surface area contributed by atoms with Crippen LogP contribution in [-0.2, 0) is 13.0 Å². The number of hydrogen-bond acceptors (Lipinski definition) is 4. The lowest BCUT2D eigenvalue weighted by Gasteiger charge is -2.33. The van der Waals surface area contributed by atoms with Gasteiger partial charge in [-0.05, 0) is 55.4 Å². The number of methoxy groups -OCH3 is 2. The Balaban J connectivity index is 1.64. The largest absolute Gasteiger partial charge is 0.493 e. The molecule has 0 saturated heterocycles. The van der Waals surface area contributed by atoms with Crippen molar-refractivity contribution in [2.45, 2.75) is 50.8 Å². The summed E-state index contributed by atoms with van der Waals surface area (Å²) in [5.41, 5.74) is 2.31. The number of amides is 2. The van der Waals surface area contributed by atoms with Crippen molar-refractivity contribution in [1.29, 1.82) is 0 Å². The van der Waals surface area contributed by atoms with Crippen LogP contribution in [-0.4, -0.2) is 48.9 Å². The molecule has 2 aliphatic rings. The number of aliphatic hydroxyl groups excluding tert-OH is 1. The Kier molecular flexibility index (Phi) is 5.14. The predicted octanol–water partition coefficient (Wildman–Crippen LogP) is 2.08. The van der Waals surface area contributed by atoms with Gasteiger partial charge in [-0.1, -0.05) is 0 Å². The zero-order chi connectivity index (χ0) is 17.1. The zero-order valence-corrected chi connectivity index (χ0v) is 14.4. The molecule has 1 heterocycles. The first kappa shape index (κ1) is 16.9. The lowest BCUT2D eigenvalue weighted by molar-refractivity contribution is 0.114. The fourth-order valence-electron chi connectivity index (χ4n) is 3.54. The van der Waals surface area contributed by atoms with Crippen molar-refractivity contribution >= 4 is 6.03 Å². The molecule has 0 radical (unpaired) electrons. The summed E-state index contributed by atoms with van der Waals surface area (Å²) in [5.74, 6) is 1.43. The van der Waals surface area contributed by atoms with Crippen LogP contribution in [0.4, 0.5) is 4.79 Å². The van der Waals surface area contributed by atoms with Gasteiger partial charge in [-0.3, -0.25) is 0 Å². The van der Waals surface area contributed by atoms with Crippen molar-refractivity contribution in [3.05, 3.63) is 23.3 Å². The van der Waals surface area contributed by atoms with Crippen LogP contribution in [0.2, 0.25) is 0 Å². The molecule has 3 rings (SSSR count). The van der Waals surface area contributed by atoms with E-state index in [2.05, 4.69) is 5.32 Å². The van der Waals surface area contributed by atoms with Crippen LogP contribution in [0.15, 0.2) is 12.1 Å². The third-order valence-electron chi connectivity index (χ3n) is 5.03. The van der Waals surface area contributed by atoms with Crippen molar-refractivity contribution in [3.8, 4) is 11.5 Å². The highest BCUT2D eigenvalue weighted by Crippen LogP contribution is 2.33. The van der Waals surface area contributed by atoms with Gasteiger partial charge in [0, 0.05) is 19.1 Å². The van der Waals surface area contributed by atoms with Crippen molar-refractivity contribution < 1.29 is 19.4 Å². The van der Waals surface area contributed by atoms with E-state index < -0.39 is 0 Å². The molecule has 6 heteroatoms. The first-order valence-electron chi connectivity index (χ1n) is 8.58. The summed E-state index contributed by atoms with van der Waals surface area (Å²) in [6.07, 6.45) is 3.84. The normalized spacial score (nSPS) is 23.4. The maximum absolute atomic E-state index is 12.5. The van der Waals surface area contributed by atoms with E-state index in [1.165, 1.54) is 5.56 Å². The number of carbonyl (C=O) groups is 1. The van der Waals surface area contributed by atoms with E-state index in [4.69, 9.17) is 9.47 Å². The minimum atomic E-state index is -0.206. The predicted molar refractivity (Wildman–Crippen MR) is 90.5 cm³/mol. The molecule has 0 aromatic heterocycles. The smallest absolute Gasteiger partial charge is 0.317 e. The number of urea groups is 1. The second kappa shape index (κ2) is 7.30. The third kappa shape index (κ3) is 3.59. The van der Waals surface area contributed by atoms with E-state index in [0.717, 1.165) is 43.4 Å². The van der Waals surface area contributed by atoms with E-state index in [1.54, 1.807) is 14.2 Å². The Hall–Kier alpha value is -1.95. The molecular weight excluding hydrogens is 308 g/mol. The van der Waals surface area contributed by atoms with E-state index in [9.17, 15) is 9.90 Å². The summed E-state index contributed by atoms with van der Waals surface area (Å²) in [5, 5.41) is 12.7. The fraction of sp³-hybridized carbons (Fsp3) is 0.611. The van der Waals surface area contributed by atoms with Crippen molar-refractivity contribution in [1.82, 2.24) is 10.2 Å². The third-order valence-corrected chi connectivity index (χ3v) is 5.03. The van der Waals surface area contributed by atoms with Crippen LogP contribution in [0, 0.1) is 0 Å². The van der Waals surface area contributed by atoms with Gasteiger partial charge in [0.1, 0.15) is 0 Å². The topological polar surface area (TPSA) is 71.0 Å². The zero-order valence-electron chi connectivity index (χ0n) is 14.4. The molecule has 1 aliphatic carbocycles. The van der Waals surface area contributed by atoms with Gasteiger partial charge in [0.15, 0.2) is 11.5 Å². The summed E-state index contributed by atoms with van der Waals surface area (Å²) in [7, 11) is 3.25. The first-order valence-corrected chi connectivity index (χ1v) is 8.58. The molecule has 1 aromatic carbocycles. The van der Waals surface area contributed by atoms with Crippen LogP contribution in [0.1, 0.15) is 36.8 Å². The summed E-state index contributed by atoms with van der Waals surface area (Å²) in [4.78, 5) is 14.4. The highest BCUT2D eigenvalue weighted by atomic mass is 16.5. The van der Waals surface area contributed by atoms with Crippen molar-refractivity contribution in [2.75, 3.05) is 20.8 Å². The highest BCUT2D eigenvalue weighted by molar-refractivity contribution is 5.75. The summed E-state index contributed by atoms with van der Waals surface area (Å²) in [6.45, 7) is 1.28. The highest BCUT2D eigenvalue weighted by Gasteiger charge is 2.26. The SMILES string of the molecule is COc1cc2c(cc1OC)CN(C(=O)NC1CCC(O)CC1)CC2. The summed E-state index contributed by atoms with van der Waals surface area (Å²) < 4.78 is 10.7. The summed E-state index contributed by atoms with van der Waals surface area (Å²) >= 11 is 0. The van der Waals surface area contributed by atoms with E-state index >= 15 is 0 Å². The maximum atomic E-state index is 12.5. The molecule has 6 nitrogen and oxygen atoms in total. The number of hydrogen-bond donors (Lipinski definition) is 2. The Bertz CT molecular complexity index is 597. The van der Waals surface area contributed by atoms with Gasteiger partial charge in [-0.15, -0.1) is 0 Å². The van der Waals surface area contributed by atoms with Gasteiger partial charge in [0.2, 0.25) is 0 Å². The Labute approximate surface area is 142 Å². The monoisotopic (exact) mass is 334 g/mol. The number of fused-ring (bicyclic) bond motifs is 1. The molecule has 1 aliphatic heterocycles. The molecule has 0 unspecified atom stereocenters. The number of nitrogens with zero attached hydrogens (tertiary/aromatic N) is 1. The van der Waals surface area contributed by atoms with E-state index in [-0.39, 0.29) is 18.2 Å². The van der Waals surface area contributed by atoms with Gasteiger partial charge < -0.3 is 24.8 Å². The molecule has 0 atom stereocenters. The molecule has 0 spiro atoms. The van der Waals surface area contributed by atoms with E-state index in [0.29, 0.717) is 18.8 Å². The molecular formula is C18H26N2O4. The number of benzene rings is 1. The minimum Gasteiger partial charge on any atom is -0.493 e. The van der Waals surface area contributed by atoms with Crippen LogP contribution >= 0.6 is 0 Å². The Morgan fingerprint density at radius 1 is 1.12 bits per heavy atom. The average molecular weight is 334 g/mol. The van der Waals surface area contributed by atoms with Gasteiger partial charge >= 0.3 is 6.03 Å². The van der Waals surface area contributed by atoms with Gasteiger partial charge in [-0.2, -0.15) is 0 Å². The lowest BCUT2D eigenvalue weighted by atomic mass is 9.93. The second-order valence-corrected chi connectivity index (χ2v) is 6.60. The van der Waals surface area contributed by atoms with Gasteiger partial charge in [0.25, 0.3) is 0 Å². The first-order chi connectivity index (χ1) is 11.6. The number of carbonyl (C=O) groups excluding carboxylic acids is 1. The Morgan fingerprint density at radius 2 is 1.75 bits per heavy atom. The quantitative estimate of drug-likeness (QED) is 0.888. The van der Waals surface area contributed by atoms with Gasteiger partial charge in [0.05, 0.1) is 20.3 Å².